The van der Waals surface area contributed by atoms with E-state index >= 15 is 0 Å². The topological polar surface area (TPSA) is 61.0 Å². The van der Waals surface area contributed by atoms with E-state index in [1.165, 1.54) is 13.2 Å². The fraction of sp³-hybridized carbons (Fsp3) is 0.231. The molecule has 4 nitrogen and oxygen atoms in total. The number of nitrogens with two attached hydrogens (primary N) is 1. The summed E-state index contributed by atoms with van der Waals surface area (Å²) in [4.78, 5) is 8.25. The van der Waals surface area contributed by atoms with Crippen molar-refractivity contribution in [2.45, 2.75) is 13.0 Å². The first kappa shape index (κ1) is 12.4. The third kappa shape index (κ3) is 2.46. The van der Waals surface area contributed by atoms with E-state index in [4.69, 9.17) is 10.5 Å². The minimum absolute atomic E-state index is 0.369. The zero-order valence-corrected chi connectivity index (χ0v) is 10.2. The van der Waals surface area contributed by atoms with Crippen molar-refractivity contribution >= 4 is 0 Å². The number of benzene rings is 1. The third-order valence-corrected chi connectivity index (χ3v) is 2.66. The number of halogens is 1. The van der Waals surface area contributed by atoms with Crippen molar-refractivity contribution in [3.63, 3.8) is 0 Å². The number of ether oxygens (including phenoxy) is 1. The highest BCUT2D eigenvalue weighted by Gasteiger charge is 2.15. The van der Waals surface area contributed by atoms with Crippen molar-refractivity contribution in [1.29, 1.82) is 0 Å². The second kappa shape index (κ2) is 5.10. The Bertz CT molecular complexity index is 542. The van der Waals surface area contributed by atoms with Gasteiger partial charge >= 0.3 is 0 Å². The maximum Gasteiger partial charge on any atom is 0.132 e. The smallest absolute Gasteiger partial charge is 0.132 e. The Balaban J connectivity index is 2.33. The van der Waals surface area contributed by atoms with E-state index in [0.29, 0.717) is 17.0 Å². The van der Waals surface area contributed by atoms with Crippen LogP contribution in [0.3, 0.4) is 0 Å². The van der Waals surface area contributed by atoms with Crippen molar-refractivity contribution in [2.75, 3.05) is 7.11 Å². The number of rotatable bonds is 3. The van der Waals surface area contributed by atoms with E-state index in [2.05, 4.69) is 9.97 Å². The predicted octanol–water partition coefficient (Wildman–Crippen LogP) is 1.98. The lowest BCUT2D eigenvalue weighted by Gasteiger charge is -2.13. The highest BCUT2D eigenvalue weighted by Crippen LogP contribution is 2.23. The van der Waals surface area contributed by atoms with Gasteiger partial charge in [-0.3, -0.25) is 9.97 Å². The van der Waals surface area contributed by atoms with Crippen LogP contribution in [0, 0.1) is 12.7 Å². The van der Waals surface area contributed by atoms with Crippen molar-refractivity contribution in [1.82, 2.24) is 9.97 Å². The Hall–Kier alpha value is -2.01. The maximum absolute atomic E-state index is 13.8. The molecule has 1 aromatic carbocycles. The molecular weight excluding hydrogens is 233 g/mol. The third-order valence-electron chi connectivity index (χ3n) is 2.66. The van der Waals surface area contributed by atoms with Crippen LogP contribution in [0.5, 0.6) is 5.75 Å². The van der Waals surface area contributed by atoms with Gasteiger partial charge in [0.05, 0.1) is 30.7 Å². The molecule has 0 aliphatic carbocycles. The number of methoxy groups -OCH3 is 1. The van der Waals surface area contributed by atoms with E-state index in [-0.39, 0.29) is 0 Å². The van der Waals surface area contributed by atoms with Gasteiger partial charge in [-0.15, -0.1) is 0 Å². The van der Waals surface area contributed by atoms with E-state index in [9.17, 15) is 4.39 Å². The second-order valence-corrected chi connectivity index (χ2v) is 3.95. The summed E-state index contributed by atoms with van der Waals surface area (Å²) in [6.07, 6.45) is 3.17. The van der Waals surface area contributed by atoms with E-state index in [1.807, 2.05) is 6.92 Å². The molecule has 18 heavy (non-hydrogen) atoms. The fourth-order valence-electron chi connectivity index (χ4n) is 1.61. The number of aryl methyl sites for hydroxylation is 1. The van der Waals surface area contributed by atoms with Crippen LogP contribution < -0.4 is 10.5 Å². The molecule has 2 N–H and O–H groups in total. The molecule has 2 rings (SSSR count). The summed E-state index contributed by atoms with van der Waals surface area (Å²) >= 11 is 0. The van der Waals surface area contributed by atoms with Gasteiger partial charge in [0.1, 0.15) is 11.6 Å². The van der Waals surface area contributed by atoms with Gasteiger partial charge in [-0.1, -0.05) is 6.07 Å². The SMILES string of the molecule is COc1ccc(C(N)c2cnc(C)cn2)c(F)c1. The Morgan fingerprint density at radius 1 is 1.28 bits per heavy atom. The number of hydrogen-bond donors (Lipinski definition) is 1. The lowest BCUT2D eigenvalue weighted by atomic mass is 10.0. The molecule has 0 spiro atoms. The Morgan fingerprint density at radius 2 is 2.06 bits per heavy atom. The standard InChI is InChI=1S/C13H14FN3O/c1-8-6-17-12(7-16-8)13(15)10-4-3-9(18-2)5-11(10)14/h3-7,13H,15H2,1-2H3. The molecule has 1 aromatic heterocycles. The maximum atomic E-state index is 13.8. The molecule has 0 saturated carbocycles. The number of hydrogen-bond acceptors (Lipinski definition) is 4. The second-order valence-electron chi connectivity index (χ2n) is 3.95. The zero-order valence-electron chi connectivity index (χ0n) is 10.2. The summed E-state index contributed by atoms with van der Waals surface area (Å²) in [7, 11) is 1.49. The molecule has 0 radical (unpaired) electrons. The summed E-state index contributed by atoms with van der Waals surface area (Å²) in [5.41, 5.74) is 7.67. The van der Waals surface area contributed by atoms with Crippen LogP contribution >= 0.6 is 0 Å². The average Bonchev–Trinajstić information content (AvgIpc) is 2.38. The van der Waals surface area contributed by atoms with E-state index < -0.39 is 11.9 Å². The van der Waals surface area contributed by atoms with Crippen LogP contribution in [0.2, 0.25) is 0 Å². The summed E-state index contributed by atoms with van der Waals surface area (Å²) < 4.78 is 18.8. The van der Waals surface area contributed by atoms with Gasteiger partial charge in [-0.25, -0.2) is 4.39 Å². The molecule has 5 heteroatoms. The molecule has 0 saturated heterocycles. The van der Waals surface area contributed by atoms with Crippen LogP contribution in [0.15, 0.2) is 30.6 Å². The minimum atomic E-state index is -0.635. The molecule has 94 valence electrons. The summed E-state index contributed by atoms with van der Waals surface area (Å²) in [5.74, 6) is 0.0441. The molecule has 0 fully saturated rings. The lowest BCUT2D eigenvalue weighted by molar-refractivity contribution is 0.410. The molecule has 0 amide bonds. The van der Waals surface area contributed by atoms with Gasteiger partial charge < -0.3 is 10.5 Å². The molecule has 0 aliphatic heterocycles. The molecule has 2 aromatic rings. The van der Waals surface area contributed by atoms with Crippen molar-refractivity contribution in [2.24, 2.45) is 5.73 Å². The summed E-state index contributed by atoms with van der Waals surface area (Å²) in [6, 6.07) is 3.93. The first-order valence-corrected chi connectivity index (χ1v) is 5.49. The predicted molar refractivity (Wildman–Crippen MR) is 65.8 cm³/mol. The fourth-order valence-corrected chi connectivity index (χ4v) is 1.61. The first-order valence-electron chi connectivity index (χ1n) is 5.49. The van der Waals surface area contributed by atoms with Gasteiger partial charge in [0.25, 0.3) is 0 Å². The van der Waals surface area contributed by atoms with Crippen LogP contribution in [-0.2, 0) is 0 Å². The van der Waals surface area contributed by atoms with Crippen LogP contribution in [0.25, 0.3) is 0 Å². The normalized spacial score (nSPS) is 12.2. The minimum Gasteiger partial charge on any atom is -0.497 e. The van der Waals surface area contributed by atoms with Crippen LogP contribution in [-0.4, -0.2) is 17.1 Å². The van der Waals surface area contributed by atoms with E-state index in [1.54, 1.807) is 24.5 Å². The molecular formula is C13H14FN3O. The zero-order chi connectivity index (χ0) is 13.1. The Kier molecular flexibility index (Phi) is 3.53. The monoisotopic (exact) mass is 247 g/mol. The molecule has 1 unspecified atom stereocenters. The number of nitrogens with zero attached hydrogens (tertiary/aromatic N) is 2. The summed E-state index contributed by atoms with van der Waals surface area (Å²) in [5, 5.41) is 0. The van der Waals surface area contributed by atoms with Gasteiger partial charge in [0.15, 0.2) is 0 Å². The highest BCUT2D eigenvalue weighted by atomic mass is 19.1. The first-order chi connectivity index (χ1) is 8.61. The Labute approximate surface area is 105 Å². The number of aromatic nitrogens is 2. The van der Waals surface area contributed by atoms with Crippen LogP contribution in [0.4, 0.5) is 4.39 Å². The molecule has 1 heterocycles. The Morgan fingerprint density at radius 3 is 2.61 bits per heavy atom. The van der Waals surface area contributed by atoms with Gasteiger partial charge in [-0.05, 0) is 13.0 Å². The summed E-state index contributed by atoms with van der Waals surface area (Å²) in [6.45, 7) is 1.83. The lowest BCUT2D eigenvalue weighted by Crippen LogP contribution is -2.15. The average molecular weight is 247 g/mol. The van der Waals surface area contributed by atoms with Gasteiger partial charge in [0, 0.05) is 17.8 Å². The van der Waals surface area contributed by atoms with Gasteiger partial charge in [-0.2, -0.15) is 0 Å². The van der Waals surface area contributed by atoms with Crippen LogP contribution in [0.1, 0.15) is 23.0 Å². The van der Waals surface area contributed by atoms with Crippen molar-refractivity contribution < 1.29 is 9.13 Å². The molecule has 0 aliphatic rings. The quantitative estimate of drug-likeness (QED) is 0.900. The van der Waals surface area contributed by atoms with Gasteiger partial charge in [0.2, 0.25) is 0 Å². The molecule has 1 atom stereocenters. The van der Waals surface area contributed by atoms with Crippen molar-refractivity contribution in [3.8, 4) is 5.75 Å². The van der Waals surface area contributed by atoms with Crippen molar-refractivity contribution in [3.05, 3.63) is 53.4 Å². The van der Waals surface area contributed by atoms with E-state index in [0.717, 1.165) is 5.69 Å². The molecule has 0 bridgehead atoms. The highest BCUT2D eigenvalue weighted by molar-refractivity contribution is 5.33. The largest absolute Gasteiger partial charge is 0.497 e.